The van der Waals surface area contributed by atoms with Crippen molar-refractivity contribution in [1.82, 2.24) is 0 Å². The Morgan fingerprint density at radius 2 is 1.44 bits per heavy atom. The molecule has 0 spiro atoms. The number of carbonyl (C=O) groups excluding carboxylic acids is 1. The van der Waals surface area contributed by atoms with Crippen molar-refractivity contribution in [2.45, 2.75) is 4.90 Å². The van der Waals surface area contributed by atoms with Crippen molar-refractivity contribution in [3.8, 4) is 5.75 Å². The Balaban J connectivity index is 2.19. The van der Waals surface area contributed by atoms with Crippen LogP contribution in [-0.2, 0) is 10.1 Å². The molecule has 0 saturated heterocycles. The number of fused-ring (bicyclic) bond motifs is 2. The summed E-state index contributed by atoms with van der Waals surface area (Å²) in [5, 5.41) is 11.0. The zero-order valence-corrected chi connectivity index (χ0v) is 13.5. The molecule has 0 radical (unpaired) electrons. The van der Waals surface area contributed by atoms with Gasteiger partial charge in [0.05, 0.1) is 16.8 Å². The number of aliphatic imine (C=N–C) groups is 1. The number of aromatic hydroxyl groups is 1. The lowest BCUT2D eigenvalue weighted by Crippen LogP contribution is -2.10. The van der Waals surface area contributed by atoms with E-state index < -0.39 is 20.9 Å². The van der Waals surface area contributed by atoms with Crippen molar-refractivity contribution in [2.24, 2.45) is 4.99 Å². The Bertz CT molecular complexity index is 1180. The number of rotatable bonds is 2. The third-order valence-corrected chi connectivity index (χ3v) is 5.05. The van der Waals surface area contributed by atoms with Crippen LogP contribution in [0.3, 0.4) is 0 Å². The quantitative estimate of drug-likeness (QED) is 0.690. The van der Waals surface area contributed by atoms with Gasteiger partial charge in [-0.3, -0.25) is 9.35 Å². The second-order valence-corrected chi connectivity index (χ2v) is 6.94. The van der Waals surface area contributed by atoms with Gasteiger partial charge in [0.1, 0.15) is 10.6 Å². The number of benzene rings is 3. The predicted molar refractivity (Wildman–Crippen MR) is 91.8 cm³/mol. The lowest BCUT2D eigenvalue weighted by Gasteiger charge is -2.13. The Kier molecular flexibility index (Phi) is 3.24. The zero-order chi connectivity index (χ0) is 17.8. The molecule has 124 valence electrons. The molecule has 1 amide bonds. The first-order chi connectivity index (χ1) is 11.9. The van der Waals surface area contributed by atoms with Crippen LogP contribution in [0.5, 0.6) is 5.75 Å². The van der Waals surface area contributed by atoms with E-state index in [1.165, 1.54) is 12.1 Å². The average Bonchev–Trinajstić information content (AvgIpc) is 2.93. The fourth-order valence-electron chi connectivity index (χ4n) is 3.11. The standard InChI is InChI=1S/C18H11NO5S/c20-16-11-8-4-5-9-12(11)17(25(22,23)24)14-13(16)15(19-18(14)21)10-6-2-1-3-7-10/h1-9,20H,(H,22,23,24). The van der Waals surface area contributed by atoms with Gasteiger partial charge < -0.3 is 5.11 Å². The number of hydrogen-bond donors (Lipinski definition) is 2. The summed E-state index contributed by atoms with van der Waals surface area (Å²) in [6.45, 7) is 0. The number of hydrogen-bond acceptors (Lipinski definition) is 4. The van der Waals surface area contributed by atoms with Gasteiger partial charge in [0.15, 0.2) is 0 Å². The van der Waals surface area contributed by atoms with Crippen molar-refractivity contribution in [3.63, 3.8) is 0 Å². The molecule has 4 rings (SSSR count). The molecule has 1 aliphatic heterocycles. The van der Waals surface area contributed by atoms with E-state index in [-0.39, 0.29) is 33.4 Å². The highest BCUT2D eigenvalue weighted by Crippen LogP contribution is 2.41. The van der Waals surface area contributed by atoms with Gasteiger partial charge in [0.2, 0.25) is 0 Å². The second-order valence-electron chi connectivity index (χ2n) is 5.58. The molecule has 25 heavy (non-hydrogen) atoms. The van der Waals surface area contributed by atoms with Gasteiger partial charge in [0, 0.05) is 16.3 Å². The molecule has 1 heterocycles. The van der Waals surface area contributed by atoms with Gasteiger partial charge in [-0.2, -0.15) is 8.42 Å². The summed E-state index contributed by atoms with van der Waals surface area (Å²) in [5.74, 6) is -1.06. The van der Waals surface area contributed by atoms with Gasteiger partial charge in [-0.25, -0.2) is 4.99 Å². The molecule has 0 atom stereocenters. The van der Waals surface area contributed by atoms with E-state index in [4.69, 9.17) is 0 Å². The normalized spacial score (nSPS) is 13.8. The van der Waals surface area contributed by atoms with E-state index in [0.29, 0.717) is 5.56 Å². The van der Waals surface area contributed by atoms with Crippen molar-refractivity contribution < 1.29 is 22.9 Å². The largest absolute Gasteiger partial charge is 0.507 e. The Morgan fingerprint density at radius 1 is 0.840 bits per heavy atom. The third kappa shape index (κ3) is 2.25. The molecular weight excluding hydrogens is 342 g/mol. The Labute approximate surface area is 142 Å². The third-order valence-electron chi connectivity index (χ3n) is 4.11. The van der Waals surface area contributed by atoms with E-state index in [0.717, 1.165) is 0 Å². The molecule has 3 aromatic rings. The van der Waals surface area contributed by atoms with Crippen LogP contribution >= 0.6 is 0 Å². The number of phenolic OH excluding ortho intramolecular Hbond substituents is 1. The maximum atomic E-state index is 12.4. The summed E-state index contributed by atoms with van der Waals surface area (Å²) in [4.78, 5) is 15.8. The highest BCUT2D eigenvalue weighted by Gasteiger charge is 2.36. The van der Waals surface area contributed by atoms with E-state index in [1.54, 1.807) is 42.5 Å². The number of amides is 1. The fraction of sp³-hybridized carbons (Fsp3) is 0. The number of carbonyl (C=O) groups is 1. The Hall–Kier alpha value is -3.03. The van der Waals surface area contributed by atoms with Crippen LogP contribution in [0.25, 0.3) is 10.8 Å². The predicted octanol–water partition coefficient (Wildman–Crippen LogP) is 2.78. The first-order valence-corrected chi connectivity index (χ1v) is 8.77. The SMILES string of the molecule is O=C1N=C(c2ccccc2)c2c1c(S(=O)(=O)O)c1ccccc1c2O. The molecule has 0 fully saturated rings. The summed E-state index contributed by atoms with van der Waals surface area (Å²) < 4.78 is 33.7. The minimum atomic E-state index is -4.72. The minimum absolute atomic E-state index is 0.0162. The van der Waals surface area contributed by atoms with Gasteiger partial charge in [0.25, 0.3) is 16.0 Å². The Morgan fingerprint density at radius 3 is 2.08 bits per heavy atom. The fourth-order valence-corrected chi connectivity index (χ4v) is 4.01. The van der Waals surface area contributed by atoms with Crippen LogP contribution in [0.2, 0.25) is 0 Å². The molecule has 0 saturated carbocycles. The molecule has 3 aromatic carbocycles. The summed E-state index contributed by atoms with van der Waals surface area (Å²) in [6.07, 6.45) is 0. The van der Waals surface area contributed by atoms with Gasteiger partial charge in [-0.05, 0) is 0 Å². The molecule has 1 aliphatic rings. The van der Waals surface area contributed by atoms with Gasteiger partial charge in [-0.1, -0.05) is 54.6 Å². The molecule has 7 heteroatoms. The van der Waals surface area contributed by atoms with Crippen LogP contribution in [0.15, 0.2) is 64.5 Å². The van der Waals surface area contributed by atoms with E-state index in [2.05, 4.69) is 4.99 Å². The number of nitrogens with zero attached hydrogens (tertiary/aromatic N) is 1. The first-order valence-electron chi connectivity index (χ1n) is 7.33. The topological polar surface area (TPSA) is 104 Å². The number of phenols is 1. The smallest absolute Gasteiger partial charge is 0.295 e. The average molecular weight is 353 g/mol. The molecule has 6 nitrogen and oxygen atoms in total. The molecule has 0 aromatic heterocycles. The van der Waals surface area contributed by atoms with Crippen molar-refractivity contribution >= 4 is 32.5 Å². The molecule has 0 bridgehead atoms. The zero-order valence-electron chi connectivity index (χ0n) is 12.7. The maximum absolute atomic E-state index is 12.4. The van der Waals surface area contributed by atoms with Gasteiger partial charge in [-0.15, -0.1) is 0 Å². The minimum Gasteiger partial charge on any atom is -0.507 e. The van der Waals surface area contributed by atoms with Crippen molar-refractivity contribution in [2.75, 3.05) is 0 Å². The molecule has 0 unspecified atom stereocenters. The molecule has 2 N–H and O–H groups in total. The lowest BCUT2D eigenvalue weighted by molar-refractivity contribution is 0.100. The molecule has 0 aliphatic carbocycles. The van der Waals surface area contributed by atoms with Crippen LogP contribution in [0.4, 0.5) is 0 Å². The van der Waals surface area contributed by atoms with E-state index in [1.807, 2.05) is 0 Å². The van der Waals surface area contributed by atoms with Crippen molar-refractivity contribution in [3.05, 3.63) is 71.3 Å². The van der Waals surface area contributed by atoms with Crippen LogP contribution < -0.4 is 0 Å². The summed E-state index contributed by atoms with van der Waals surface area (Å²) >= 11 is 0. The second kappa shape index (κ2) is 5.23. The first kappa shape index (κ1) is 15.5. The van der Waals surface area contributed by atoms with E-state index >= 15 is 0 Å². The van der Waals surface area contributed by atoms with Gasteiger partial charge >= 0.3 is 0 Å². The van der Waals surface area contributed by atoms with E-state index in [9.17, 15) is 22.9 Å². The van der Waals surface area contributed by atoms with Crippen molar-refractivity contribution in [1.29, 1.82) is 0 Å². The van der Waals surface area contributed by atoms with Crippen LogP contribution in [-0.4, -0.2) is 29.7 Å². The summed E-state index contributed by atoms with van der Waals surface area (Å²) in [5.41, 5.74) is 0.440. The highest BCUT2D eigenvalue weighted by molar-refractivity contribution is 7.86. The lowest BCUT2D eigenvalue weighted by atomic mass is 9.94. The highest BCUT2D eigenvalue weighted by atomic mass is 32.2. The van der Waals surface area contributed by atoms with Crippen LogP contribution in [0, 0.1) is 0 Å². The summed E-state index contributed by atoms with van der Waals surface area (Å²) in [7, 11) is -4.72. The van der Waals surface area contributed by atoms with Crippen LogP contribution in [0.1, 0.15) is 21.5 Å². The monoisotopic (exact) mass is 353 g/mol. The maximum Gasteiger partial charge on any atom is 0.295 e. The molecular formula is C18H11NO5S. The summed E-state index contributed by atoms with van der Waals surface area (Å²) in [6, 6.07) is 14.8.